The zero-order chi connectivity index (χ0) is 10.2. The Hall–Kier alpha value is 1.54. The zero-order valence-corrected chi connectivity index (χ0v) is 14.5. The molecule has 0 fully saturated rings. The molecule has 2 nitrogen and oxygen atoms in total. The van der Waals surface area contributed by atoms with Crippen molar-refractivity contribution in [1.82, 2.24) is 0 Å². The summed E-state index contributed by atoms with van der Waals surface area (Å²) >= 11 is 6.17. The van der Waals surface area contributed by atoms with E-state index >= 15 is 0 Å². The summed E-state index contributed by atoms with van der Waals surface area (Å²) in [7, 11) is 0. The van der Waals surface area contributed by atoms with Gasteiger partial charge in [0, 0.05) is 5.69 Å². The summed E-state index contributed by atoms with van der Waals surface area (Å²) in [6.45, 7) is 4.71. The Labute approximate surface area is 109 Å². The van der Waals surface area contributed by atoms with E-state index < -0.39 is 5.69 Å². The summed E-state index contributed by atoms with van der Waals surface area (Å²) in [4.78, 5) is 11.5. The molecule has 0 saturated heterocycles. The molecule has 0 aromatic heterocycles. The third-order valence-corrected chi connectivity index (χ3v) is 5.86. The topological polar surface area (TPSA) is 32.3 Å². The van der Waals surface area contributed by atoms with Gasteiger partial charge in [0.15, 0.2) is 0 Å². The molecule has 0 rings (SSSR count). The van der Waals surface area contributed by atoms with Gasteiger partial charge in [0.25, 0.3) is 0 Å². The zero-order valence-electron chi connectivity index (χ0n) is 9.03. The second kappa shape index (κ2) is 11.0. The van der Waals surface area contributed by atoms with E-state index in [1.54, 1.807) is 0 Å². The molecule has 0 N–H and O–H groups in total. The SMILES string of the molecule is CCCCOP([O-])(=S)SCCCC.[Zn+2]. The number of rotatable bonds is 8. The van der Waals surface area contributed by atoms with Gasteiger partial charge in [0.1, 0.15) is 0 Å². The fraction of sp³-hybridized carbons (Fsp3) is 1.00. The van der Waals surface area contributed by atoms with Gasteiger partial charge in [-0.3, -0.25) is 0 Å². The van der Waals surface area contributed by atoms with Crippen molar-refractivity contribution in [1.29, 1.82) is 0 Å². The van der Waals surface area contributed by atoms with E-state index in [0.717, 1.165) is 31.4 Å². The molecule has 0 heterocycles. The molecule has 80 valence electrons. The van der Waals surface area contributed by atoms with Gasteiger partial charge in [-0.05, 0) is 18.6 Å². The Morgan fingerprint density at radius 1 is 1.29 bits per heavy atom. The van der Waals surface area contributed by atoms with Crippen molar-refractivity contribution >= 4 is 28.9 Å². The Kier molecular flexibility index (Phi) is 14.1. The first-order valence-corrected chi connectivity index (χ1v) is 8.95. The molecule has 1 unspecified atom stereocenters. The van der Waals surface area contributed by atoms with Crippen molar-refractivity contribution < 1.29 is 28.9 Å². The van der Waals surface area contributed by atoms with Crippen LogP contribution in [-0.2, 0) is 35.8 Å². The molecule has 14 heavy (non-hydrogen) atoms. The molecular weight excluding hydrogens is 289 g/mol. The summed E-state index contributed by atoms with van der Waals surface area (Å²) in [5.41, 5.74) is -2.75. The maximum atomic E-state index is 11.5. The summed E-state index contributed by atoms with van der Waals surface area (Å²) < 4.78 is 5.15. The van der Waals surface area contributed by atoms with E-state index in [0.29, 0.717) is 6.61 Å². The number of hydrogen-bond acceptors (Lipinski definition) is 4. The minimum Gasteiger partial charge on any atom is -0.793 e. The van der Waals surface area contributed by atoms with Gasteiger partial charge in [-0.15, -0.1) is 11.4 Å². The summed E-state index contributed by atoms with van der Waals surface area (Å²) in [6, 6.07) is 0. The summed E-state index contributed by atoms with van der Waals surface area (Å²) in [5.74, 6) is 0.851. The van der Waals surface area contributed by atoms with Crippen LogP contribution in [-0.4, -0.2) is 12.4 Å². The van der Waals surface area contributed by atoms with Crippen LogP contribution in [0.1, 0.15) is 39.5 Å². The number of unbranched alkanes of at least 4 members (excludes halogenated alkanes) is 2. The molecule has 1 atom stereocenters. The fourth-order valence-electron chi connectivity index (χ4n) is 0.679. The van der Waals surface area contributed by atoms with Crippen molar-refractivity contribution in [2.24, 2.45) is 0 Å². The van der Waals surface area contributed by atoms with Crippen molar-refractivity contribution in [2.75, 3.05) is 12.4 Å². The van der Waals surface area contributed by atoms with Crippen LogP contribution in [0.25, 0.3) is 0 Å². The van der Waals surface area contributed by atoms with Gasteiger partial charge in [0.2, 0.25) is 0 Å². The van der Waals surface area contributed by atoms with Gasteiger partial charge in [-0.25, -0.2) is 0 Å². The maximum Gasteiger partial charge on any atom is 2.00 e. The average molecular weight is 307 g/mol. The van der Waals surface area contributed by atoms with E-state index in [1.807, 2.05) is 0 Å². The Balaban J connectivity index is 0. The normalized spacial score (nSPS) is 14.5. The molecule has 6 heteroatoms. The molecule has 0 radical (unpaired) electrons. The summed E-state index contributed by atoms with van der Waals surface area (Å²) in [5, 5.41) is 0. The largest absolute Gasteiger partial charge is 2.00 e. The Morgan fingerprint density at radius 2 is 1.86 bits per heavy atom. The van der Waals surface area contributed by atoms with Crippen LogP contribution >= 0.6 is 17.1 Å². The third-order valence-electron chi connectivity index (χ3n) is 1.49. The van der Waals surface area contributed by atoms with Gasteiger partial charge in [0.05, 0.1) is 6.61 Å². The second-order valence-electron chi connectivity index (χ2n) is 2.82. The predicted octanol–water partition coefficient (Wildman–Crippen LogP) is 2.92. The smallest absolute Gasteiger partial charge is 0.793 e. The van der Waals surface area contributed by atoms with E-state index in [2.05, 4.69) is 13.8 Å². The monoisotopic (exact) mass is 305 g/mol. The van der Waals surface area contributed by atoms with Crippen molar-refractivity contribution in [2.45, 2.75) is 39.5 Å². The standard InChI is InChI=1S/C8H19O2PS2.Zn/c1-3-5-7-10-11(9,12)13-8-6-4-2;/h3-8H2,1-2H3,(H,9,12);/q;+2/p-1. The van der Waals surface area contributed by atoms with Gasteiger partial charge >= 0.3 is 19.5 Å². The Morgan fingerprint density at radius 3 is 2.36 bits per heavy atom. The molecule has 0 aliphatic heterocycles. The first kappa shape index (κ1) is 17.9. The quantitative estimate of drug-likeness (QED) is 0.392. The van der Waals surface area contributed by atoms with Gasteiger partial charge in [-0.1, -0.05) is 38.5 Å². The van der Waals surface area contributed by atoms with Crippen LogP contribution in [0.3, 0.4) is 0 Å². The van der Waals surface area contributed by atoms with Crippen molar-refractivity contribution in [3.8, 4) is 0 Å². The average Bonchev–Trinajstić information content (AvgIpc) is 2.05. The maximum absolute atomic E-state index is 11.5. The van der Waals surface area contributed by atoms with Crippen molar-refractivity contribution in [3.05, 3.63) is 0 Å². The van der Waals surface area contributed by atoms with Gasteiger partial charge in [-0.2, -0.15) is 0 Å². The van der Waals surface area contributed by atoms with E-state index in [-0.39, 0.29) is 19.5 Å². The molecule has 0 saturated carbocycles. The minimum atomic E-state index is -2.75. The fourth-order valence-corrected chi connectivity index (χ4v) is 4.15. The third kappa shape index (κ3) is 11.6. The Bertz CT molecular complexity index is 155. The predicted molar refractivity (Wildman–Crippen MR) is 62.5 cm³/mol. The van der Waals surface area contributed by atoms with Crippen LogP contribution in [0.4, 0.5) is 0 Å². The first-order chi connectivity index (χ1) is 6.12. The molecule has 0 aliphatic rings. The van der Waals surface area contributed by atoms with Crippen LogP contribution < -0.4 is 4.89 Å². The molecule has 0 spiro atoms. The molecule has 0 aliphatic carbocycles. The first-order valence-electron chi connectivity index (χ1n) is 4.72. The molecule has 0 aromatic rings. The molecule has 0 bridgehead atoms. The van der Waals surface area contributed by atoms with Crippen LogP contribution in [0, 0.1) is 0 Å². The van der Waals surface area contributed by atoms with Gasteiger partial charge < -0.3 is 9.42 Å². The van der Waals surface area contributed by atoms with E-state index in [4.69, 9.17) is 16.3 Å². The van der Waals surface area contributed by atoms with Crippen molar-refractivity contribution in [3.63, 3.8) is 0 Å². The van der Waals surface area contributed by atoms with E-state index in [1.165, 1.54) is 11.4 Å². The molecule has 0 aromatic carbocycles. The molecule has 0 amide bonds. The summed E-state index contributed by atoms with van der Waals surface area (Å²) in [6.07, 6.45) is 4.16. The minimum absolute atomic E-state index is 0. The second-order valence-corrected chi connectivity index (χ2v) is 8.99. The van der Waals surface area contributed by atoms with Crippen LogP contribution in [0.5, 0.6) is 0 Å². The number of hydrogen-bond donors (Lipinski definition) is 0. The molecular formula is C8H18O2PS2Zn+. The van der Waals surface area contributed by atoms with Crippen LogP contribution in [0.15, 0.2) is 0 Å². The van der Waals surface area contributed by atoms with E-state index in [9.17, 15) is 4.89 Å². The van der Waals surface area contributed by atoms with Crippen LogP contribution in [0.2, 0.25) is 0 Å².